The molecule has 10 aliphatic rings. The number of nitrogens with two attached hydrogens (primary N) is 4. The molecule has 4 fully saturated rings. The Morgan fingerprint density at radius 1 is 0.468 bits per heavy atom. The summed E-state index contributed by atoms with van der Waals surface area (Å²) in [6, 6.07) is 28.0. The maximum atomic E-state index is 14.1. The molecule has 0 spiro atoms. The number of Topliss-reactive ketones (excluding diaryl/α,β-unsaturated/α-hetero) is 6. The van der Waals surface area contributed by atoms with Crippen LogP contribution in [0.5, 0.6) is 23.0 Å². The van der Waals surface area contributed by atoms with E-state index in [0.29, 0.717) is 40.1 Å². The molecule has 20 N–H and O–H groups in total. The molecule has 0 bridgehead atoms. The number of phenols is 3. The van der Waals surface area contributed by atoms with Crippen molar-refractivity contribution in [1.29, 1.82) is 0 Å². The van der Waals surface area contributed by atoms with Crippen LogP contribution in [0.2, 0.25) is 0 Å². The summed E-state index contributed by atoms with van der Waals surface area (Å²) >= 11 is 0. The number of ketones is 6. The summed E-state index contributed by atoms with van der Waals surface area (Å²) in [5, 5.41) is 136. The van der Waals surface area contributed by atoms with E-state index in [1.165, 1.54) is 20.8 Å². The van der Waals surface area contributed by atoms with Crippen molar-refractivity contribution in [2.24, 2.45) is 58.4 Å². The van der Waals surface area contributed by atoms with Gasteiger partial charge in [0.25, 0.3) is 17.7 Å². The van der Waals surface area contributed by atoms with Crippen molar-refractivity contribution in [3.05, 3.63) is 204 Å². The van der Waals surface area contributed by atoms with Crippen LogP contribution in [-0.4, -0.2) is 275 Å². The van der Waals surface area contributed by atoms with Gasteiger partial charge in [0.2, 0.25) is 17.3 Å². The molecule has 16 rings (SSSR count). The van der Waals surface area contributed by atoms with Crippen LogP contribution in [0, 0.1) is 35.5 Å². The Morgan fingerprint density at radius 2 is 0.903 bits per heavy atom. The summed E-state index contributed by atoms with van der Waals surface area (Å²) in [6.45, 7) is 5.25. The first-order valence-electron chi connectivity index (χ1n) is 40.6. The largest absolute Gasteiger partial charge is 0.508 e. The van der Waals surface area contributed by atoms with Crippen molar-refractivity contribution in [3.63, 3.8) is 0 Å². The average molecular weight is 1700 g/mol. The molecular formula is C92H102N10O22. The highest BCUT2D eigenvalue weighted by Gasteiger charge is 2.68. The van der Waals surface area contributed by atoms with E-state index in [1.807, 2.05) is 97.9 Å². The van der Waals surface area contributed by atoms with Crippen molar-refractivity contribution in [2.45, 2.75) is 93.1 Å². The Bertz CT molecular complexity index is 5790. The molecule has 6 aromatic carbocycles. The minimum atomic E-state index is -2.67. The van der Waals surface area contributed by atoms with Gasteiger partial charge >= 0.3 is 0 Å². The summed E-state index contributed by atoms with van der Waals surface area (Å²) in [5.74, 6) is -19.4. The standard InChI is InChI=1S/C33H38N4O7.C31H35N3O8.C28H29N3O7/c1-35(2)26-22-15-20-14-19-7-8-21(18-6-4-5-17(13-18)16-37-11-9-36(3)10-12-37)27(38)23(19)28(39)24(20)30(41)33(22,44)31(42)25(29(26)40)32(34)43;1-33(2)13-16-10-14(6-9-21(16)42-5)17-7-8-20(35)23-18(17)11-15-12-19-25(34(3)4)27(37)24(30(32)40)29(39)31(19,41)28(38)22(15)26(23)36;1-31(2)21-17-10-13-8-16-15(12-6-4-3-5-7-12)9-14(11-29)22(32)19(16)23(33)18(13)25(35)28(17,38)26(36)20(24(21)34)27(30)37/h4-8,13,20,22,26,38-39,42,44H,9-12,14-16H2,1-3H3,(H2,34,43);6-10,15,19,25,35-36,39,41H,11-13H2,1-5H3,(H2,32,40);3-7,9,13,17,21,32-33,36,38H,8,10-11,29H2,1-2H3,(H2,30,37)/t20-,22-,26+,33-;15-,19-,25+,31-;13-,17-,21+,28-/m000/s1. The second kappa shape index (κ2) is 32.8. The zero-order valence-electron chi connectivity index (χ0n) is 70.1. The van der Waals surface area contributed by atoms with E-state index in [1.54, 1.807) is 67.6 Å². The SMILES string of the molecule is CN(C)[C@H]1C(=O)C(C(N)=O)=C(O)[C@@]2(O)C(=O)C3=C(O)c4c(O)c(CN)cc(-c5ccccc5)c4C[C@H]3C[C@@H]12.CN1CCN(Cc2cccc(-c3ccc4c(c3O)C(O)=C3C(=O)[C@]5(O)C(O)=C(C(N)=O)C(=O)[C@H](N(C)C)[C@@H]5C[C@@H]3C4)c2)CC1.COc1ccc(-c2ccc(O)c3c2C[C@H]2C[C@H]4[C@@H](N(C)C)C(=O)C(C(N)=O)=C(O)[C@@]4(O)C(=O)C2=C3O)cc1CN(C)C. The molecule has 0 radical (unpaired) electrons. The number of carbonyl (C=O) groups is 9. The molecule has 32 nitrogen and oxygen atoms in total. The lowest BCUT2D eigenvalue weighted by molar-refractivity contribution is -0.155. The Morgan fingerprint density at radius 3 is 1.35 bits per heavy atom. The smallest absolute Gasteiger partial charge is 0.255 e. The number of aliphatic hydroxyl groups excluding tert-OH is 6. The van der Waals surface area contributed by atoms with Crippen LogP contribution < -0.4 is 27.7 Å². The fourth-order valence-electron chi connectivity index (χ4n) is 20.9. The summed E-state index contributed by atoms with van der Waals surface area (Å²) in [6.07, 6.45) is 0.772. The van der Waals surface area contributed by atoms with Crippen molar-refractivity contribution in [2.75, 3.05) is 96.7 Å². The Labute approximate surface area is 713 Å². The van der Waals surface area contributed by atoms with E-state index in [-0.39, 0.29) is 95.7 Å². The lowest BCUT2D eigenvalue weighted by atomic mass is 9.57. The van der Waals surface area contributed by atoms with Gasteiger partial charge in [0.05, 0.1) is 41.9 Å². The van der Waals surface area contributed by atoms with Gasteiger partial charge in [0, 0.05) is 97.0 Å². The maximum absolute atomic E-state index is 14.1. The van der Waals surface area contributed by atoms with Gasteiger partial charge in [-0.1, -0.05) is 72.8 Å². The summed E-state index contributed by atoms with van der Waals surface area (Å²) < 4.78 is 5.54. The highest BCUT2D eigenvalue weighted by Crippen LogP contribution is 2.59. The number of rotatable bonds is 15. The number of aromatic hydroxyl groups is 3. The molecule has 0 aromatic heterocycles. The van der Waals surface area contributed by atoms with E-state index in [2.05, 4.69) is 16.8 Å². The molecule has 1 aliphatic heterocycles. The number of ether oxygens (including phenoxy) is 1. The first kappa shape index (κ1) is 88.1. The highest BCUT2D eigenvalue weighted by molar-refractivity contribution is 6.27. The minimum absolute atomic E-state index is 0.0232. The number of fused-ring (bicyclic) bond motifs is 9. The minimum Gasteiger partial charge on any atom is -0.508 e. The molecule has 32 heteroatoms. The number of phenolic OH excluding ortho intramolecular Hbond substituents is 3. The van der Waals surface area contributed by atoms with E-state index in [9.17, 15) is 104 Å². The number of benzene rings is 6. The molecule has 124 heavy (non-hydrogen) atoms. The van der Waals surface area contributed by atoms with Crippen LogP contribution in [0.25, 0.3) is 50.7 Å². The number of aliphatic hydroxyl groups is 9. The predicted octanol–water partition coefficient (Wildman–Crippen LogP) is 4.17. The Balaban J connectivity index is 0.000000152. The quantitative estimate of drug-likeness (QED) is 0.0641. The van der Waals surface area contributed by atoms with Crippen LogP contribution in [0.4, 0.5) is 0 Å². The van der Waals surface area contributed by atoms with Crippen LogP contribution >= 0.6 is 0 Å². The summed E-state index contributed by atoms with van der Waals surface area (Å²) in [4.78, 5) is 129. The number of amides is 3. The highest BCUT2D eigenvalue weighted by atomic mass is 16.5. The van der Waals surface area contributed by atoms with Crippen molar-refractivity contribution >= 4 is 69.7 Å². The molecule has 12 atom stereocenters. The molecule has 9 aliphatic carbocycles. The van der Waals surface area contributed by atoms with Gasteiger partial charge in [-0.3, -0.25) is 62.8 Å². The lowest BCUT2D eigenvalue weighted by Gasteiger charge is -2.50. The summed E-state index contributed by atoms with van der Waals surface area (Å²) in [7, 11) is 17.0. The second-order valence-corrected chi connectivity index (χ2v) is 34.8. The van der Waals surface area contributed by atoms with Crippen LogP contribution in [0.1, 0.15) is 69.3 Å². The van der Waals surface area contributed by atoms with E-state index in [0.717, 1.165) is 71.7 Å². The number of carbonyl (C=O) groups excluding carboxylic acids is 9. The number of methoxy groups -OCH3 is 1. The normalized spacial score (nSPS) is 26.7. The zero-order chi connectivity index (χ0) is 90.2. The molecule has 3 saturated carbocycles. The number of hydrogen-bond donors (Lipinski definition) is 16. The molecule has 1 heterocycles. The van der Waals surface area contributed by atoms with Gasteiger partial charge in [-0.2, -0.15) is 0 Å². The van der Waals surface area contributed by atoms with E-state index in [4.69, 9.17) is 27.7 Å². The molecule has 6 aromatic rings. The van der Waals surface area contributed by atoms with Crippen LogP contribution in [0.3, 0.4) is 0 Å². The van der Waals surface area contributed by atoms with Gasteiger partial charge in [-0.15, -0.1) is 0 Å². The van der Waals surface area contributed by atoms with Crippen molar-refractivity contribution in [1.82, 2.24) is 29.4 Å². The fraction of sp³-hybridized carbons (Fsp3) is 0.380. The number of nitrogens with zero attached hydrogens (tertiary/aromatic N) is 6. The summed E-state index contributed by atoms with van der Waals surface area (Å²) in [5.41, 5.74) is 19.6. The van der Waals surface area contributed by atoms with E-state index < -0.39 is 174 Å². The van der Waals surface area contributed by atoms with Gasteiger partial charge in [-0.05, 0) is 200 Å². The third kappa shape index (κ3) is 14.0. The second-order valence-electron chi connectivity index (χ2n) is 34.8. The molecular weight excluding hydrogens is 1600 g/mol. The average Bonchev–Trinajstić information content (AvgIpc) is 0.705. The van der Waals surface area contributed by atoms with Gasteiger partial charge < -0.3 is 98.7 Å². The lowest BCUT2D eigenvalue weighted by Crippen LogP contribution is -2.65. The molecule has 0 unspecified atom stereocenters. The fourth-order valence-corrected chi connectivity index (χ4v) is 20.9. The molecule has 1 saturated heterocycles. The third-order valence-corrected chi connectivity index (χ3v) is 26.6. The first-order valence-corrected chi connectivity index (χ1v) is 40.6. The zero-order valence-corrected chi connectivity index (χ0v) is 70.1. The molecule has 3 amide bonds. The van der Waals surface area contributed by atoms with Gasteiger partial charge in [-0.25, -0.2) is 0 Å². The number of likely N-dealkylation sites (N-methyl/N-ethyl adjacent to an activating group) is 4. The molecule has 652 valence electrons. The number of piperazine rings is 1. The van der Waals surface area contributed by atoms with Gasteiger partial charge in [0.15, 0.2) is 34.2 Å². The van der Waals surface area contributed by atoms with Crippen LogP contribution in [-0.2, 0) is 82.0 Å². The monoisotopic (exact) mass is 1700 g/mol. The third-order valence-electron chi connectivity index (χ3n) is 26.6. The predicted molar refractivity (Wildman–Crippen MR) is 454 cm³/mol. The maximum Gasteiger partial charge on any atom is 0.255 e. The number of hydrogen-bond acceptors (Lipinski definition) is 29. The van der Waals surface area contributed by atoms with Crippen LogP contribution in [0.15, 0.2) is 154 Å². The van der Waals surface area contributed by atoms with E-state index >= 15 is 0 Å². The topological polar surface area (TPSA) is 529 Å². The van der Waals surface area contributed by atoms with Gasteiger partial charge in [0.1, 0.15) is 74.3 Å². The Kier molecular flexibility index (Phi) is 23.3. The van der Waals surface area contributed by atoms with Crippen molar-refractivity contribution in [3.8, 4) is 56.4 Å². The Hall–Kier alpha value is -12.2. The van der Waals surface area contributed by atoms with Crippen molar-refractivity contribution < 1.29 is 109 Å². The first-order chi connectivity index (χ1) is 58.5. The number of primary amides is 3.